The van der Waals surface area contributed by atoms with E-state index in [9.17, 15) is 9.18 Å². The third-order valence-electron chi connectivity index (χ3n) is 5.87. The summed E-state index contributed by atoms with van der Waals surface area (Å²) < 4.78 is 31.6. The first-order valence-electron chi connectivity index (χ1n) is 11.4. The highest BCUT2D eigenvalue weighted by atomic mass is 32.1. The van der Waals surface area contributed by atoms with Gasteiger partial charge in [-0.25, -0.2) is 4.39 Å². The van der Waals surface area contributed by atoms with Crippen LogP contribution < -0.4 is 14.2 Å². The first kappa shape index (κ1) is 25.3. The van der Waals surface area contributed by atoms with Gasteiger partial charge in [0.1, 0.15) is 11.5 Å². The van der Waals surface area contributed by atoms with E-state index in [1.807, 2.05) is 31.2 Å². The van der Waals surface area contributed by atoms with Crippen molar-refractivity contribution < 1.29 is 23.4 Å². The summed E-state index contributed by atoms with van der Waals surface area (Å²) in [5.41, 5.74) is 3.38. The van der Waals surface area contributed by atoms with Crippen molar-refractivity contribution >= 4 is 33.8 Å². The molecule has 0 aliphatic carbocycles. The number of benzene rings is 3. The van der Waals surface area contributed by atoms with Gasteiger partial charge in [0.2, 0.25) is 0 Å². The molecule has 0 aliphatic heterocycles. The molecule has 0 saturated carbocycles. The zero-order valence-corrected chi connectivity index (χ0v) is 21.2. The van der Waals surface area contributed by atoms with Crippen molar-refractivity contribution in [2.24, 2.45) is 0 Å². The number of ether oxygens (including phenoxy) is 3. The first-order chi connectivity index (χ1) is 17.4. The zero-order valence-electron chi connectivity index (χ0n) is 20.3. The number of aromatic nitrogens is 1. The molecule has 0 fully saturated rings. The van der Waals surface area contributed by atoms with E-state index in [0.29, 0.717) is 51.4 Å². The topological polar surface area (TPSA) is 57.7 Å². The second-order valence-corrected chi connectivity index (χ2v) is 9.01. The van der Waals surface area contributed by atoms with E-state index in [-0.39, 0.29) is 18.0 Å². The van der Waals surface area contributed by atoms with Crippen molar-refractivity contribution in [3.8, 4) is 23.0 Å². The van der Waals surface area contributed by atoms with Crippen LogP contribution in [0.2, 0.25) is 0 Å². The number of nitrogens with zero attached hydrogens (tertiary/aromatic N) is 1. The quantitative estimate of drug-likeness (QED) is 0.227. The summed E-state index contributed by atoms with van der Waals surface area (Å²) in [7, 11) is 3.09. The lowest BCUT2D eigenvalue weighted by atomic mass is 9.99. The monoisotopic (exact) mass is 503 g/mol. The van der Waals surface area contributed by atoms with Crippen LogP contribution in [-0.4, -0.2) is 29.9 Å². The number of pyridine rings is 1. The highest BCUT2D eigenvalue weighted by Crippen LogP contribution is 2.37. The van der Waals surface area contributed by atoms with Crippen LogP contribution in [0.25, 0.3) is 10.9 Å². The normalized spacial score (nSPS) is 10.8. The summed E-state index contributed by atoms with van der Waals surface area (Å²) in [5, 5.41) is 0.659. The molecular formula is C29H26FNO4S. The minimum Gasteiger partial charge on any atom is -0.493 e. The molecule has 3 aromatic carbocycles. The summed E-state index contributed by atoms with van der Waals surface area (Å²) in [6.45, 7) is 1.98. The van der Waals surface area contributed by atoms with E-state index in [0.717, 1.165) is 11.1 Å². The van der Waals surface area contributed by atoms with Gasteiger partial charge in [-0.1, -0.05) is 42.5 Å². The Morgan fingerprint density at radius 2 is 1.67 bits per heavy atom. The molecule has 0 unspecified atom stereocenters. The van der Waals surface area contributed by atoms with Crippen molar-refractivity contribution in [1.29, 1.82) is 0 Å². The molecule has 36 heavy (non-hydrogen) atoms. The molecule has 5 nitrogen and oxygen atoms in total. The molecule has 0 bridgehead atoms. The van der Waals surface area contributed by atoms with Crippen molar-refractivity contribution in [3.05, 3.63) is 89.4 Å². The molecule has 0 N–H and O–H groups in total. The van der Waals surface area contributed by atoms with E-state index in [1.165, 1.54) is 6.07 Å². The van der Waals surface area contributed by atoms with Crippen LogP contribution in [-0.2, 0) is 17.6 Å². The molecule has 0 radical (unpaired) electrons. The van der Waals surface area contributed by atoms with Crippen molar-refractivity contribution in [2.45, 2.75) is 26.2 Å². The predicted molar refractivity (Wildman–Crippen MR) is 142 cm³/mol. The van der Waals surface area contributed by atoms with Crippen molar-refractivity contribution in [3.63, 3.8) is 0 Å². The average Bonchev–Trinajstić information content (AvgIpc) is 2.86. The molecule has 7 heteroatoms. The summed E-state index contributed by atoms with van der Waals surface area (Å²) in [5.74, 6) is 1.09. The van der Waals surface area contributed by atoms with Gasteiger partial charge in [0.05, 0.1) is 19.7 Å². The highest BCUT2D eigenvalue weighted by Gasteiger charge is 2.14. The summed E-state index contributed by atoms with van der Waals surface area (Å²) in [4.78, 5) is 17.4. The molecular weight excluding hydrogens is 477 g/mol. The Balaban J connectivity index is 1.45. The number of hydrogen-bond acceptors (Lipinski definition) is 6. The number of Topliss-reactive ketones (excluding diaryl/α,β-unsaturated/α-hetero) is 1. The fourth-order valence-electron chi connectivity index (χ4n) is 3.99. The summed E-state index contributed by atoms with van der Waals surface area (Å²) in [6.07, 6.45) is 2.44. The largest absolute Gasteiger partial charge is 0.493 e. The number of carbonyl (C=O) groups excluding carboxylic acids is 1. The lowest BCUT2D eigenvalue weighted by Gasteiger charge is -2.13. The molecule has 0 amide bonds. The number of fused-ring (bicyclic) bond motifs is 1. The maximum absolute atomic E-state index is 14.9. The second kappa shape index (κ2) is 11.3. The highest BCUT2D eigenvalue weighted by molar-refractivity contribution is 7.80. The molecule has 0 aliphatic rings. The minimum absolute atomic E-state index is 0.0475. The fraction of sp³-hybridized carbons (Fsp3) is 0.207. The lowest BCUT2D eigenvalue weighted by molar-refractivity contribution is -0.117. The Kier molecular flexibility index (Phi) is 7.90. The third kappa shape index (κ3) is 5.86. The summed E-state index contributed by atoms with van der Waals surface area (Å²) in [6, 6.07) is 17.6. The van der Waals surface area contributed by atoms with Gasteiger partial charge in [-0.3, -0.25) is 9.78 Å². The Morgan fingerprint density at radius 1 is 0.917 bits per heavy atom. The third-order valence-corrected chi connectivity index (χ3v) is 6.16. The number of carbonyl (C=O) groups is 1. The Morgan fingerprint density at radius 3 is 2.39 bits per heavy atom. The SMILES string of the molecule is COc1cc2nccc(Oc3ccc(CC(=S)CC(=O)Cc4ccccc4C)cc3F)c2cc1OC. The summed E-state index contributed by atoms with van der Waals surface area (Å²) >= 11 is 5.44. The number of methoxy groups -OCH3 is 2. The van der Waals surface area contributed by atoms with E-state index in [2.05, 4.69) is 4.98 Å². The van der Waals surface area contributed by atoms with Gasteiger partial charge in [0.25, 0.3) is 0 Å². The van der Waals surface area contributed by atoms with Crippen LogP contribution >= 0.6 is 12.2 Å². The molecule has 1 heterocycles. The number of hydrogen-bond donors (Lipinski definition) is 0. The second-order valence-electron chi connectivity index (χ2n) is 8.43. The molecule has 0 atom stereocenters. The molecule has 1 aromatic heterocycles. The van der Waals surface area contributed by atoms with Crippen LogP contribution in [0.15, 0.2) is 66.9 Å². The maximum Gasteiger partial charge on any atom is 0.166 e. The van der Waals surface area contributed by atoms with Crippen LogP contribution in [0.4, 0.5) is 4.39 Å². The van der Waals surface area contributed by atoms with E-state index in [4.69, 9.17) is 26.4 Å². The number of ketones is 1. The van der Waals surface area contributed by atoms with Crippen molar-refractivity contribution in [1.82, 2.24) is 4.98 Å². The smallest absolute Gasteiger partial charge is 0.166 e. The Hall–Kier alpha value is -3.84. The number of halogens is 1. The maximum atomic E-state index is 14.9. The van der Waals surface area contributed by atoms with Gasteiger partial charge < -0.3 is 14.2 Å². The minimum atomic E-state index is -0.521. The lowest BCUT2D eigenvalue weighted by Crippen LogP contribution is -2.11. The molecule has 4 rings (SSSR count). The Labute approximate surface area is 214 Å². The van der Waals surface area contributed by atoms with Gasteiger partial charge in [0, 0.05) is 41.8 Å². The van der Waals surface area contributed by atoms with Crippen LogP contribution in [0.3, 0.4) is 0 Å². The van der Waals surface area contributed by atoms with Crippen LogP contribution in [0.5, 0.6) is 23.0 Å². The van der Waals surface area contributed by atoms with Gasteiger partial charge >= 0.3 is 0 Å². The number of aryl methyl sites for hydroxylation is 1. The zero-order chi connectivity index (χ0) is 25.7. The Bertz CT molecular complexity index is 1440. The van der Waals surface area contributed by atoms with Gasteiger partial charge in [-0.2, -0.15) is 0 Å². The number of thiocarbonyl (C=S) groups is 1. The van der Waals surface area contributed by atoms with Gasteiger partial charge in [-0.15, -0.1) is 0 Å². The van der Waals surface area contributed by atoms with Gasteiger partial charge in [0.15, 0.2) is 23.1 Å². The predicted octanol–water partition coefficient (Wildman–Crippen LogP) is 6.61. The first-order valence-corrected chi connectivity index (χ1v) is 11.8. The molecule has 4 aromatic rings. The van der Waals surface area contributed by atoms with Gasteiger partial charge in [-0.05, 0) is 47.9 Å². The molecule has 0 spiro atoms. The number of rotatable bonds is 10. The average molecular weight is 504 g/mol. The van der Waals surface area contributed by atoms with E-state index >= 15 is 0 Å². The fourth-order valence-corrected chi connectivity index (χ4v) is 4.31. The van der Waals surface area contributed by atoms with E-state index < -0.39 is 5.82 Å². The van der Waals surface area contributed by atoms with Crippen LogP contribution in [0.1, 0.15) is 23.1 Å². The van der Waals surface area contributed by atoms with E-state index in [1.54, 1.807) is 50.7 Å². The standard InChI is InChI=1S/C29H26FNO4S/c1-18-6-4-5-7-20(18)14-21(32)15-22(36)12-19-8-9-27(24(30)13-19)35-26-10-11-31-25-17-29(34-3)28(33-2)16-23(25)26/h4-11,13,16-17H,12,14-15H2,1-3H3. The van der Waals surface area contributed by atoms with Crippen LogP contribution in [0, 0.1) is 12.7 Å². The van der Waals surface area contributed by atoms with Crippen molar-refractivity contribution in [2.75, 3.05) is 14.2 Å². The molecule has 184 valence electrons. The molecule has 0 saturated heterocycles.